The Labute approximate surface area is 148 Å². The number of carbonyl (C=O) groups is 1. The quantitative estimate of drug-likeness (QED) is 0.687. The van der Waals surface area contributed by atoms with Crippen molar-refractivity contribution in [2.75, 3.05) is 11.9 Å². The van der Waals surface area contributed by atoms with Crippen molar-refractivity contribution in [1.29, 1.82) is 0 Å². The molecule has 1 heterocycles. The number of aromatic nitrogens is 1. The summed E-state index contributed by atoms with van der Waals surface area (Å²) in [6, 6.07) is 10.4. The van der Waals surface area contributed by atoms with E-state index in [0.29, 0.717) is 24.5 Å². The molecule has 1 aromatic heterocycles. The molecule has 2 aromatic carbocycles. The molecule has 0 aliphatic rings. The molecule has 3 rings (SSSR count). The van der Waals surface area contributed by atoms with Crippen LogP contribution in [-0.4, -0.2) is 17.5 Å². The third-order valence-electron chi connectivity index (χ3n) is 3.90. The predicted molar refractivity (Wildman–Crippen MR) is 93.2 cm³/mol. The van der Waals surface area contributed by atoms with E-state index in [9.17, 15) is 18.0 Å². The number of aromatic amines is 1. The molecule has 0 unspecified atom stereocenters. The van der Waals surface area contributed by atoms with Gasteiger partial charge in [-0.1, -0.05) is 6.07 Å². The van der Waals surface area contributed by atoms with Crippen LogP contribution in [0.25, 0.3) is 10.9 Å². The number of rotatable bonds is 5. The lowest BCUT2D eigenvalue weighted by atomic mass is 10.1. The maximum absolute atomic E-state index is 12.5. The molecule has 7 heteroatoms. The first-order chi connectivity index (χ1) is 12.3. The molecule has 136 valence electrons. The number of carbonyl (C=O) groups excluding carboxylic acids is 1. The van der Waals surface area contributed by atoms with Gasteiger partial charge in [-0.25, -0.2) is 0 Å². The minimum absolute atomic E-state index is 0.151. The highest BCUT2D eigenvalue weighted by Crippen LogP contribution is 2.30. The molecule has 1 amide bonds. The average molecular weight is 362 g/mol. The maximum atomic E-state index is 12.5. The molecule has 0 fully saturated rings. The van der Waals surface area contributed by atoms with E-state index in [0.717, 1.165) is 28.6 Å². The van der Waals surface area contributed by atoms with Gasteiger partial charge in [-0.05, 0) is 42.0 Å². The topological polar surface area (TPSA) is 54.1 Å². The third kappa shape index (κ3) is 4.17. The number of H-pyrrole nitrogens is 1. The average Bonchev–Trinajstić information content (AvgIpc) is 2.96. The Morgan fingerprint density at radius 3 is 2.54 bits per heavy atom. The van der Waals surface area contributed by atoms with Crippen molar-refractivity contribution >= 4 is 22.5 Å². The number of benzene rings is 2. The standard InChI is InChI=1S/C19H17F3N2O2/c1-12(25)24-18-11-23-17-7-2-13(10-16(17)18)8-9-26-15-5-3-14(4-6-15)19(20,21)22/h2-7,10-11,23H,8-9H2,1H3,(H,24,25). The normalized spacial score (nSPS) is 11.5. The lowest BCUT2D eigenvalue weighted by Gasteiger charge is -2.09. The number of halogens is 3. The zero-order valence-corrected chi connectivity index (χ0v) is 14.0. The smallest absolute Gasteiger partial charge is 0.416 e. The van der Waals surface area contributed by atoms with E-state index in [-0.39, 0.29) is 5.91 Å². The Kier molecular flexibility index (Phi) is 4.88. The molecular formula is C19H17F3N2O2. The van der Waals surface area contributed by atoms with Crippen LogP contribution in [-0.2, 0) is 17.4 Å². The van der Waals surface area contributed by atoms with Crippen LogP contribution in [0.1, 0.15) is 18.1 Å². The SMILES string of the molecule is CC(=O)Nc1c[nH]c2ccc(CCOc3ccc(C(F)(F)F)cc3)cc12. The van der Waals surface area contributed by atoms with Crippen molar-refractivity contribution in [3.05, 3.63) is 59.8 Å². The van der Waals surface area contributed by atoms with Gasteiger partial charge in [0.15, 0.2) is 0 Å². The van der Waals surface area contributed by atoms with E-state index < -0.39 is 11.7 Å². The summed E-state index contributed by atoms with van der Waals surface area (Å²) in [5.41, 5.74) is 1.91. The number of ether oxygens (including phenoxy) is 1. The second kappa shape index (κ2) is 7.11. The van der Waals surface area contributed by atoms with E-state index in [1.54, 1.807) is 6.20 Å². The summed E-state index contributed by atoms with van der Waals surface area (Å²) in [4.78, 5) is 14.3. The van der Waals surface area contributed by atoms with Gasteiger partial charge >= 0.3 is 6.18 Å². The fourth-order valence-corrected chi connectivity index (χ4v) is 2.64. The highest BCUT2D eigenvalue weighted by Gasteiger charge is 2.29. The van der Waals surface area contributed by atoms with Gasteiger partial charge in [0.1, 0.15) is 5.75 Å². The Morgan fingerprint density at radius 2 is 1.88 bits per heavy atom. The van der Waals surface area contributed by atoms with Crippen molar-refractivity contribution in [3.8, 4) is 5.75 Å². The molecule has 0 atom stereocenters. The van der Waals surface area contributed by atoms with Gasteiger partial charge < -0.3 is 15.0 Å². The van der Waals surface area contributed by atoms with Gasteiger partial charge in [0, 0.05) is 30.4 Å². The first-order valence-electron chi connectivity index (χ1n) is 8.00. The highest BCUT2D eigenvalue weighted by atomic mass is 19.4. The fourth-order valence-electron chi connectivity index (χ4n) is 2.64. The van der Waals surface area contributed by atoms with Gasteiger partial charge in [-0.2, -0.15) is 13.2 Å². The summed E-state index contributed by atoms with van der Waals surface area (Å²) in [6.45, 7) is 1.78. The molecule has 4 nitrogen and oxygen atoms in total. The van der Waals surface area contributed by atoms with Crippen LogP contribution in [0, 0.1) is 0 Å². The summed E-state index contributed by atoms with van der Waals surface area (Å²) >= 11 is 0. The number of hydrogen-bond acceptors (Lipinski definition) is 2. The van der Waals surface area contributed by atoms with Gasteiger partial charge in [0.05, 0.1) is 17.9 Å². The lowest BCUT2D eigenvalue weighted by Crippen LogP contribution is -2.06. The molecule has 26 heavy (non-hydrogen) atoms. The van der Waals surface area contributed by atoms with E-state index in [4.69, 9.17) is 4.74 Å². The van der Waals surface area contributed by atoms with Crippen LogP contribution in [0.2, 0.25) is 0 Å². The summed E-state index contributed by atoms with van der Waals surface area (Å²) in [5, 5.41) is 3.66. The number of fused-ring (bicyclic) bond motifs is 1. The fraction of sp³-hybridized carbons (Fsp3) is 0.211. The largest absolute Gasteiger partial charge is 0.493 e. The monoisotopic (exact) mass is 362 g/mol. The third-order valence-corrected chi connectivity index (χ3v) is 3.90. The Balaban J connectivity index is 1.63. The number of amides is 1. The van der Waals surface area contributed by atoms with E-state index >= 15 is 0 Å². The van der Waals surface area contributed by atoms with Crippen LogP contribution in [0.5, 0.6) is 5.75 Å². The number of nitrogens with one attached hydrogen (secondary N) is 2. The first kappa shape index (κ1) is 17.8. The lowest BCUT2D eigenvalue weighted by molar-refractivity contribution is -0.137. The summed E-state index contributed by atoms with van der Waals surface area (Å²) in [6.07, 6.45) is -2.04. The second-order valence-electron chi connectivity index (χ2n) is 5.88. The summed E-state index contributed by atoms with van der Waals surface area (Å²) in [7, 11) is 0. The molecule has 0 bridgehead atoms. The Hall–Kier alpha value is -2.96. The predicted octanol–water partition coefficient (Wildman–Crippen LogP) is 4.77. The minimum atomic E-state index is -4.35. The van der Waals surface area contributed by atoms with Crippen LogP contribution >= 0.6 is 0 Å². The zero-order valence-electron chi connectivity index (χ0n) is 14.0. The zero-order chi connectivity index (χ0) is 18.7. The number of anilines is 1. The molecule has 2 N–H and O–H groups in total. The minimum Gasteiger partial charge on any atom is -0.493 e. The van der Waals surface area contributed by atoms with E-state index in [1.807, 2.05) is 18.2 Å². The van der Waals surface area contributed by atoms with Crippen molar-refractivity contribution in [2.45, 2.75) is 19.5 Å². The molecule has 0 saturated heterocycles. The molecule has 0 aliphatic carbocycles. The van der Waals surface area contributed by atoms with Gasteiger partial charge in [0.25, 0.3) is 0 Å². The molecule has 3 aromatic rings. The van der Waals surface area contributed by atoms with Crippen LogP contribution < -0.4 is 10.1 Å². The molecule has 0 spiro atoms. The van der Waals surface area contributed by atoms with Crippen molar-refractivity contribution in [3.63, 3.8) is 0 Å². The van der Waals surface area contributed by atoms with Crippen LogP contribution in [0.4, 0.5) is 18.9 Å². The summed E-state index contributed by atoms with van der Waals surface area (Å²) in [5.74, 6) is 0.238. The Bertz CT molecular complexity index is 915. The maximum Gasteiger partial charge on any atom is 0.416 e. The Morgan fingerprint density at radius 1 is 1.15 bits per heavy atom. The van der Waals surface area contributed by atoms with Crippen molar-refractivity contribution in [1.82, 2.24) is 4.98 Å². The van der Waals surface area contributed by atoms with Gasteiger partial charge in [-0.15, -0.1) is 0 Å². The summed E-state index contributed by atoms with van der Waals surface area (Å²) < 4.78 is 43.1. The number of alkyl halides is 3. The second-order valence-corrected chi connectivity index (χ2v) is 5.88. The number of hydrogen-bond donors (Lipinski definition) is 2. The first-order valence-corrected chi connectivity index (χ1v) is 8.00. The molecule has 0 saturated carbocycles. The van der Waals surface area contributed by atoms with E-state index in [2.05, 4.69) is 10.3 Å². The molecule has 0 aliphatic heterocycles. The van der Waals surface area contributed by atoms with Crippen molar-refractivity contribution < 1.29 is 22.7 Å². The van der Waals surface area contributed by atoms with Crippen LogP contribution in [0.3, 0.4) is 0 Å². The molecule has 0 radical (unpaired) electrons. The highest BCUT2D eigenvalue weighted by molar-refractivity contribution is 6.01. The molecular weight excluding hydrogens is 345 g/mol. The van der Waals surface area contributed by atoms with Gasteiger partial charge in [0.2, 0.25) is 5.91 Å². The van der Waals surface area contributed by atoms with E-state index in [1.165, 1.54) is 19.1 Å². The van der Waals surface area contributed by atoms with Crippen LogP contribution in [0.15, 0.2) is 48.7 Å². The van der Waals surface area contributed by atoms with Gasteiger partial charge in [-0.3, -0.25) is 4.79 Å². The van der Waals surface area contributed by atoms with Crippen molar-refractivity contribution in [2.24, 2.45) is 0 Å².